The van der Waals surface area contributed by atoms with Gasteiger partial charge in [-0.25, -0.2) is 0 Å². The van der Waals surface area contributed by atoms with Gasteiger partial charge in [-0.1, -0.05) is 43.1 Å². The molecule has 0 aliphatic heterocycles. The van der Waals surface area contributed by atoms with E-state index in [0.717, 1.165) is 24.8 Å². The first-order chi connectivity index (χ1) is 8.92. The van der Waals surface area contributed by atoms with Crippen molar-refractivity contribution in [2.45, 2.75) is 64.8 Å². The second kappa shape index (κ2) is 5.99. The summed E-state index contributed by atoms with van der Waals surface area (Å²) in [5.41, 5.74) is 1.72. The zero-order valence-electron chi connectivity index (χ0n) is 12.7. The van der Waals surface area contributed by atoms with Gasteiger partial charge in [-0.15, -0.1) is 0 Å². The third-order valence-corrected chi connectivity index (χ3v) is 5.72. The smallest absolute Gasteiger partial charge is 0.0521 e. The van der Waals surface area contributed by atoms with E-state index >= 15 is 0 Å². The molecule has 2 rings (SSSR count). The Balaban J connectivity index is 2.04. The zero-order valence-corrected chi connectivity index (χ0v) is 14.3. The minimum Gasteiger partial charge on any atom is -0.273 e. The lowest BCUT2D eigenvalue weighted by Gasteiger charge is -2.42. The first-order valence-electron chi connectivity index (χ1n) is 7.57. The van der Waals surface area contributed by atoms with E-state index < -0.39 is 0 Å². The molecule has 0 saturated heterocycles. The highest BCUT2D eigenvalue weighted by molar-refractivity contribution is 9.09. The van der Waals surface area contributed by atoms with Crippen molar-refractivity contribution >= 4 is 15.9 Å². The van der Waals surface area contributed by atoms with E-state index in [2.05, 4.69) is 54.9 Å². The maximum absolute atomic E-state index is 4.40. The Bertz CT molecular complexity index is 411. The summed E-state index contributed by atoms with van der Waals surface area (Å²) < 4.78 is 2.03. The van der Waals surface area contributed by atoms with E-state index in [9.17, 15) is 0 Å². The van der Waals surface area contributed by atoms with Crippen molar-refractivity contribution in [3.63, 3.8) is 0 Å². The number of halogens is 1. The van der Waals surface area contributed by atoms with Gasteiger partial charge in [0.25, 0.3) is 0 Å². The SMILES string of the molecule is CCn1cc(CC(C)(C)C2CCC(C)CC2Br)cn1. The van der Waals surface area contributed by atoms with Crippen LogP contribution < -0.4 is 0 Å². The molecule has 1 fully saturated rings. The molecule has 19 heavy (non-hydrogen) atoms. The van der Waals surface area contributed by atoms with Crippen molar-refractivity contribution in [3.8, 4) is 0 Å². The zero-order chi connectivity index (χ0) is 14.0. The number of aryl methyl sites for hydroxylation is 1. The van der Waals surface area contributed by atoms with Crippen LogP contribution in [0.15, 0.2) is 12.4 Å². The summed E-state index contributed by atoms with van der Waals surface area (Å²) in [4.78, 5) is 0.674. The molecule has 3 atom stereocenters. The maximum Gasteiger partial charge on any atom is 0.0521 e. The highest BCUT2D eigenvalue weighted by atomic mass is 79.9. The lowest BCUT2D eigenvalue weighted by molar-refractivity contribution is 0.147. The third kappa shape index (κ3) is 3.62. The largest absolute Gasteiger partial charge is 0.273 e. The van der Waals surface area contributed by atoms with Crippen LogP contribution in [0.25, 0.3) is 0 Å². The van der Waals surface area contributed by atoms with Gasteiger partial charge in [-0.3, -0.25) is 4.68 Å². The minimum absolute atomic E-state index is 0.343. The highest BCUT2D eigenvalue weighted by Gasteiger charge is 2.37. The molecule has 1 aromatic rings. The Labute approximate surface area is 126 Å². The van der Waals surface area contributed by atoms with Gasteiger partial charge < -0.3 is 0 Å². The molecule has 0 aromatic carbocycles. The summed E-state index contributed by atoms with van der Waals surface area (Å²) in [6.45, 7) is 10.3. The number of hydrogen-bond donors (Lipinski definition) is 0. The van der Waals surface area contributed by atoms with E-state index in [-0.39, 0.29) is 0 Å². The van der Waals surface area contributed by atoms with Crippen LogP contribution in [0.2, 0.25) is 0 Å². The van der Waals surface area contributed by atoms with Crippen LogP contribution in [0.4, 0.5) is 0 Å². The lowest BCUT2D eigenvalue weighted by atomic mass is 9.67. The van der Waals surface area contributed by atoms with Gasteiger partial charge in [0.2, 0.25) is 0 Å². The molecular formula is C16H27BrN2. The third-order valence-electron chi connectivity index (χ3n) is 4.71. The first kappa shape index (κ1) is 15.1. The first-order valence-corrected chi connectivity index (χ1v) is 8.49. The monoisotopic (exact) mass is 326 g/mol. The summed E-state index contributed by atoms with van der Waals surface area (Å²) in [7, 11) is 0. The Morgan fingerprint density at radius 2 is 2.16 bits per heavy atom. The Kier molecular flexibility index (Phi) is 4.75. The van der Waals surface area contributed by atoms with Gasteiger partial charge in [0, 0.05) is 17.6 Å². The summed E-state index contributed by atoms with van der Waals surface area (Å²) in [5.74, 6) is 1.65. The molecular weight excluding hydrogens is 300 g/mol. The standard InChI is InChI=1S/C16H27BrN2/c1-5-19-11-13(10-18-19)9-16(3,4)14-7-6-12(2)8-15(14)17/h10-12,14-15H,5-9H2,1-4H3. The number of aromatic nitrogens is 2. The van der Waals surface area contributed by atoms with Crippen molar-refractivity contribution in [1.82, 2.24) is 9.78 Å². The molecule has 0 amide bonds. The van der Waals surface area contributed by atoms with E-state index in [1.807, 2.05) is 10.9 Å². The van der Waals surface area contributed by atoms with Crippen LogP contribution in [0, 0.1) is 17.3 Å². The Morgan fingerprint density at radius 1 is 1.42 bits per heavy atom. The predicted octanol–water partition coefficient (Wildman–Crippen LogP) is 4.67. The van der Waals surface area contributed by atoms with E-state index in [1.54, 1.807) is 0 Å². The maximum atomic E-state index is 4.40. The topological polar surface area (TPSA) is 17.8 Å². The molecule has 1 aliphatic rings. The summed E-state index contributed by atoms with van der Waals surface area (Å²) in [6.07, 6.45) is 9.43. The molecule has 2 nitrogen and oxygen atoms in total. The van der Waals surface area contributed by atoms with Crippen LogP contribution in [0.5, 0.6) is 0 Å². The predicted molar refractivity (Wildman–Crippen MR) is 84.6 cm³/mol. The fourth-order valence-electron chi connectivity index (χ4n) is 3.52. The molecule has 108 valence electrons. The summed E-state index contributed by atoms with van der Waals surface area (Å²) >= 11 is 3.94. The molecule has 0 N–H and O–H groups in total. The molecule has 0 spiro atoms. The number of hydrogen-bond acceptors (Lipinski definition) is 1. The average Bonchev–Trinajstić information content (AvgIpc) is 2.75. The van der Waals surface area contributed by atoms with Crippen molar-refractivity contribution in [1.29, 1.82) is 0 Å². The van der Waals surface area contributed by atoms with Crippen LogP contribution in [-0.2, 0) is 13.0 Å². The van der Waals surface area contributed by atoms with Gasteiger partial charge in [-0.2, -0.15) is 5.10 Å². The molecule has 3 unspecified atom stereocenters. The second-order valence-corrected chi connectivity index (χ2v) is 8.09. The summed E-state index contributed by atoms with van der Waals surface area (Å²) in [5, 5.41) is 4.40. The van der Waals surface area contributed by atoms with Crippen LogP contribution in [0.1, 0.15) is 52.5 Å². The lowest BCUT2D eigenvalue weighted by Crippen LogP contribution is -2.37. The minimum atomic E-state index is 0.343. The molecule has 1 heterocycles. The number of rotatable bonds is 4. The molecule has 0 bridgehead atoms. The molecule has 1 aromatic heterocycles. The average molecular weight is 327 g/mol. The Hall–Kier alpha value is -0.310. The van der Waals surface area contributed by atoms with Gasteiger partial charge in [0.05, 0.1) is 6.20 Å². The van der Waals surface area contributed by atoms with Crippen molar-refractivity contribution in [2.24, 2.45) is 17.3 Å². The van der Waals surface area contributed by atoms with Crippen molar-refractivity contribution < 1.29 is 0 Å². The molecule has 0 radical (unpaired) electrons. The van der Waals surface area contributed by atoms with Gasteiger partial charge in [-0.05, 0) is 49.0 Å². The molecule has 1 aliphatic carbocycles. The van der Waals surface area contributed by atoms with E-state index in [0.29, 0.717) is 10.2 Å². The van der Waals surface area contributed by atoms with E-state index in [1.165, 1.54) is 24.8 Å². The Morgan fingerprint density at radius 3 is 2.74 bits per heavy atom. The van der Waals surface area contributed by atoms with Gasteiger partial charge in [0.15, 0.2) is 0 Å². The summed E-state index contributed by atoms with van der Waals surface area (Å²) in [6, 6.07) is 0. The number of alkyl halides is 1. The quantitative estimate of drug-likeness (QED) is 0.735. The molecule has 1 saturated carbocycles. The normalized spacial score (nSPS) is 28.6. The second-order valence-electron chi connectivity index (χ2n) is 6.91. The fourth-order valence-corrected chi connectivity index (χ4v) is 5.14. The van der Waals surface area contributed by atoms with Crippen LogP contribution in [0.3, 0.4) is 0 Å². The number of nitrogens with zero attached hydrogens (tertiary/aromatic N) is 2. The van der Waals surface area contributed by atoms with Crippen molar-refractivity contribution in [2.75, 3.05) is 0 Å². The van der Waals surface area contributed by atoms with Gasteiger partial charge >= 0.3 is 0 Å². The van der Waals surface area contributed by atoms with Gasteiger partial charge in [0.1, 0.15) is 0 Å². The fraction of sp³-hybridized carbons (Fsp3) is 0.812. The van der Waals surface area contributed by atoms with Crippen molar-refractivity contribution in [3.05, 3.63) is 18.0 Å². The van der Waals surface area contributed by atoms with Crippen LogP contribution >= 0.6 is 15.9 Å². The van der Waals surface area contributed by atoms with E-state index in [4.69, 9.17) is 0 Å². The molecule has 3 heteroatoms. The highest BCUT2D eigenvalue weighted by Crippen LogP contribution is 2.45. The van der Waals surface area contributed by atoms with Crippen LogP contribution in [-0.4, -0.2) is 14.6 Å².